The topological polar surface area (TPSA) is 155 Å². The molecule has 14 heteroatoms. The summed E-state index contributed by atoms with van der Waals surface area (Å²) in [5, 5.41) is 24.6. The van der Waals surface area contributed by atoms with E-state index in [1.165, 1.54) is 23.4 Å². The number of benzene rings is 1. The van der Waals surface area contributed by atoms with Gasteiger partial charge in [-0.05, 0) is 75.7 Å². The van der Waals surface area contributed by atoms with Crippen molar-refractivity contribution in [1.29, 1.82) is 0 Å². The highest BCUT2D eigenvalue weighted by Gasteiger charge is 2.29. The van der Waals surface area contributed by atoms with Crippen LogP contribution in [0.3, 0.4) is 0 Å². The molecular weight excluding hydrogens is 514 g/mol. The molecule has 0 fully saturated rings. The number of carbonyl (C=O) groups excluding carboxylic acids is 2. The van der Waals surface area contributed by atoms with Crippen LogP contribution in [0.2, 0.25) is 0 Å². The van der Waals surface area contributed by atoms with E-state index in [0.717, 1.165) is 16.0 Å². The zero-order chi connectivity index (χ0) is 27.8. The second-order valence-electron chi connectivity index (χ2n) is 10.1. The van der Waals surface area contributed by atoms with Gasteiger partial charge in [0.2, 0.25) is 5.13 Å². The van der Waals surface area contributed by atoms with E-state index >= 15 is 0 Å². The first-order valence-electron chi connectivity index (χ1n) is 11.4. The molecule has 0 spiro atoms. The number of pyridine rings is 1. The SMILES string of the molecule is CC(C)(C)OC(=O)N(c1ccc2c(cnn2C(=O)OC(C)(C)C)c1)c1nnc(-c2ccnc([N+](=O)[O-])c2)s1. The van der Waals surface area contributed by atoms with Crippen molar-refractivity contribution in [1.82, 2.24) is 25.0 Å². The fourth-order valence-corrected chi connectivity index (χ4v) is 4.14. The van der Waals surface area contributed by atoms with E-state index in [2.05, 4.69) is 20.3 Å². The summed E-state index contributed by atoms with van der Waals surface area (Å²) in [5.74, 6) is -0.337. The van der Waals surface area contributed by atoms with Crippen molar-refractivity contribution in [2.45, 2.75) is 52.7 Å². The number of hydrogen-bond donors (Lipinski definition) is 0. The van der Waals surface area contributed by atoms with Gasteiger partial charge in [-0.1, -0.05) is 11.3 Å². The van der Waals surface area contributed by atoms with Crippen LogP contribution in [-0.4, -0.2) is 53.3 Å². The summed E-state index contributed by atoms with van der Waals surface area (Å²) in [7, 11) is 0. The van der Waals surface area contributed by atoms with E-state index in [-0.39, 0.29) is 10.9 Å². The number of fused-ring (bicyclic) bond motifs is 1. The number of ether oxygens (including phenoxy) is 2. The molecule has 0 saturated heterocycles. The molecule has 13 nitrogen and oxygen atoms in total. The summed E-state index contributed by atoms with van der Waals surface area (Å²) >= 11 is 1.04. The predicted molar refractivity (Wildman–Crippen MR) is 140 cm³/mol. The maximum absolute atomic E-state index is 13.3. The Kier molecular flexibility index (Phi) is 6.84. The number of aromatic nitrogens is 5. The normalized spacial score (nSPS) is 11.8. The molecule has 0 unspecified atom stereocenters. The first kappa shape index (κ1) is 26.6. The second kappa shape index (κ2) is 9.78. The summed E-state index contributed by atoms with van der Waals surface area (Å²) in [4.78, 5) is 41.4. The number of nitrogens with zero attached hydrogens (tertiary/aromatic N) is 7. The Bertz CT molecular complexity index is 1530. The van der Waals surface area contributed by atoms with Crippen molar-refractivity contribution in [3.63, 3.8) is 0 Å². The van der Waals surface area contributed by atoms with Gasteiger partial charge >= 0.3 is 18.0 Å². The van der Waals surface area contributed by atoms with Crippen molar-refractivity contribution < 1.29 is 24.0 Å². The molecule has 0 aliphatic carbocycles. The lowest BCUT2D eigenvalue weighted by molar-refractivity contribution is -0.389. The number of amides is 1. The maximum atomic E-state index is 13.3. The van der Waals surface area contributed by atoms with Crippen LogP contribution < -0.4 is 4.90 Å². The van der Waals surface area contributed by atoms with Gasteiger partial charge in [0.05, 0.1) is 17.4 Å². The molecule has 38 heavy (non-hydrogen) atoms. The summed E-state index contributed by atoms with van der Waals surface area (Å²) in [6.45, 7) is 10.5. The minimum Gasteiger partial charge on any atom is -0.443 e. The Morgan fingerprint density at radius 1 is 1.03 bits per heavy atom. The van der Waals surface area contributed by atoms with Crippen molar-refractivity contribution in [2.24, 2.45) is 0 Å². The summed E-state index contributed by atoms with van der Waals surface area (Å²) in [6, 6.07) is 7.75. The molecule has 198 valence electrons. The zero-order valence-electron chi connectivity index (χ0n) is 21.5. The maximum Gasteiger partial charge on any atom is 0.435 e. The minimum atomic E-state index is -0.805. The van der Waals surface area contributed by atoms with E-state index in [1.54, 1.807) is 65.8 Å². The van der Waals surface area contributed by atoms with Crippen LogP contribution in [0.5, 0.6) is 0 Å². The van der Waals surface area contributed by atoms with Gasteiger partial charge in [-0.25, -0.2) is 14.5 Å². The number of nitro groups is 1. The Hall–Kier alpha value is -4.46. The molecule has 4 rings (SSSR count). The molecule has 0 atom stereocenters. The van der Waals surface area contributed by atoms with Gasteiger partial charge in [-0.15, -0.1) is 10.2 Å². The fourth-order valence-electron chi connectivity index (χ4n) is 3.29. The molecule has 0 bridgehead atoms. The van der Waals surface area contributed by atoms with Crippen molar-refractivity contribution in [3.8, 4) is 10.6 Å². The number of carbonyl (C=O) groups is 2. The smallest absolute Gasteiger partial charge is 0.435 e. The molecule has 0 aliphatic heterocycles. The molecular formula is C24H25N7O6S. The molecule has 0 aliphatic rings. The van der Waals surface area contributed by atoms with Crippen molar-refractivity contribution >= 4 is 51.1 Å². The van der Waals surface area contributed by atoms with Gasteiger partial charge in [-0.3, -0.25) is 0 Å². The average Bonchev–Trinajstić information content (AvgIpc) is 3.44. The molecule has 0 N–H and O–H groups in total. The van der Waals surface area contributed by atoms with Gasteiger partial charge in [0.1, 0.15) is 22.4 Å². The van der Waals surface area contributed by atoms with E-state index < -0.39 is 28.3 Å². The lowest BCUT2D eigenvalue weighted by atomic mass is 10.2. The molecule has 1 amide bonds. The highest BCUT2D eigenvalue weighted by molar-refractivity contribution is 7.18. The van der Waals surface area contributed by atoms with Gasteiger partial charge in [0.15, 0.2) is 0 Å². The fraction of sp³-hybridized carbons (Fsp3) is 0.333. The summed E-state index contributed by atoms with van der Waals surface area (Å²) in [5.41, 5.74) is -0.213. The quantitative estimate of drug-likeness (QED) is 0.232. The highest BCUT2D eigenvalue weighted by atomic mass is 32.1. The number of rotatable bonds is 4. The van der Waals surface area contributed by atoms with Crippen LogP contribution in [0.1, 0.15) is 41.5 Å². The third kappa shape index (κ3) is 5.91. The lowest BCUT2D eigenvalue weighted by Gasteiger charge is -2.25. The van der Waals surface area contributed by atoms with Crippen LogP contribution in [0.15, 0.2) is 42.7 Å². The van der Waals surface area contributed by atoms with Gasteiger partial charge in [-0.2, -0.15) is 9.78 Å². The minimum absolute atomic E-state index is 0.174. The van der Waals surface area contributed by atoms with E-state index in [9.17, 15) is 19.7 Å². The van der Waals surface area contributed by atoms with Crippen LogP contribution in [-0.2, 0) is 9.47 Å². The monoisotopic (exact) mass is 539 g/mol. The van der Waals surface area contributed by atoms with Crippen LogP contribution in [0.25, 0.3) is 21.5 Å². The van der Waals surface area contributed by atoms with Gasteiger partial charge in [0.25, 0.3) is 0 Å². The van der Waals surface area contributed by atoms with Crippen LogP contribution in [0, 0.1) is 10.1 Å². The van der Waals surface area contributed by atoms with E-state index in [0.29, 0.717) is 27.2 Å². The highest BCUT2D eigenvalue weighted by Crippen LogP contribution is 2.36. The first-order valence-corrected chi connectivity index (χ1v) is 12.2. The van der Waals surface area contributed by atoms with E-state index in [1.807, 2.05) is 0 Å². The van der Waals surface area contributed by atoms with Crippen LogP contribution in [0.4, 0.5) is 26.2 Å². The van der Waals surface area contributed by atoms with Gasteiger partial charge in [0, 0.05) is 17.0 Å². The Morgan fingerprint density at radius 3 is 2.39 bits per heavy atom. The molecule has 3 heterocycles. The average molecular weight is 540 g/mol. The number of hydrogen-bond acceptors (Lipinski definition) is 11. The van der Waals surface area contributed by atoms with E-state index in [4.69, 9.17) is 9.47 Å². The lowest BCUT2D eigenvalue weighted by Crippen LogP contribution is -2.33. The second-order valence-corrected chi connectivity index (χ2v) is 11.1. The Balaban J connectivity index is 1.74. The molecule has 4 aromatic rings. The van der Waals surface area contributed by atoms with Gasteiger partial charge < -0.3 is 19.6 Å². The molecule has 1 aromatic carbocycles. The standard InChI is InChI=1S/C24H25N7O6S/c1-23(2,3)36-21(32)29(20-28-27-19(38-20)14-9-10-25-18(12-14)31(34)35)16-7-8-17-15(11-16)13-26-30(17)22(33)37-24(4,5)6/h7-13H,1-6H3. The Labute approximate surface area is 221 Å². The largest absolute Gasteiger partial charge is 0.443 e. The summed E-state index contributed by atoms with van der Waals surface area (Å²) < 4.78 is 12.2. The van der Waals surface area contributed by atoms with Crippen molar-refractivity contribution in [3.05, 3.63) is 52.8 Å². The molecule has 0 saturated carbocycles. The number of anilines is 2. The summed E-state index contributed by atoms with van der Waals surface area (Å²) in [6.07, 6.45) is 1.44. The predicted octanol–water partition coefficient (Wildman–Crippen LogP) is 5.71. The molecule has 0 radical (unpaired) electrons. The van der Waals surface area contributed by atoms with Crippen LogP contribution >= 0.6 is 11.3 Å². The first-order chi connectivity index (χ1) is 17.7. The third-order valence-electron chi connectivity index (χ3n) is 4.74. The zero-order valence-corrected chi connectivity index (χ0v) is 22.3. The van der Waals surface area contributed by atoms with Crippen molar-refractivity contribution in [2.75, 3.05) is 4.90 Å². The molecule has 3 aromatic heterocycles. The Morgan fingerprint density at radius 2 is 1.74 bits per heavy atom. The third-order valence-corrected chi connectivity index (χ3v) is 5.69.